The van der Waals surface area contributed by atoms with Crippen molar-refractivity contribution in [1.29, 1.82) is 0 Å². The van der Waals surface area contributed by atoms with Gasteiger partial charge in [-0.15, -0.1) is 22.8 Å². The van der Waals surface area contributed by atoms with Crippen molar-refractivity contribution in [3.05, 3.63) is 0 Å². The largest absolute Gasteiger partial charge is 0.481 e. The van der Waals surface area contributed by atoms with E-state index in [0.717, 1.165) is 27.3 Å². The number of carboxylic acids is 1. The van der Waals surface area contributed by atoms with Crippen molar-refractivity contribution in [3.63, 3.8) is 0 Å². The molecule has 0 atom stereocenters. The van der Waals surface area contributed by atoms with Crippen LogP contribution >= 0.6 is 35.7 Å². The minimum atomic E-state index is -0.661. The van der Waals surface area contributed by atoms with E-state index >= 15 is 0 Å². The number of carboxylic acid groups (broad SMARTS) is 1. The molecule has 0 aromatic carbocycles. The molecule has 0 radical (unpaired) electrons. The summed E-state index contributed by atoms with van der Waals surface area (Å²) in [5.41, 5.74) is 0. The van der Waals surface area contributed by atoms with Crippen LogP contribution in [0.2, 0.25) is 0 Å². The molecule has 27 heavy (non-hydrogen) atoms. The normalized spacial score (nSPS) is 11.1. The third-order valence-electron chi connectivity index (χ3n) is 4.66. The molecule has 0 unspecified atom stereocenters. The molecule has 1 aromatic rings. The SMILES string of the molecule is O=C(O)CCCCCCCCCCCCCCCCCSc1nnc(S)s1. The minimum absolute atomic E-state index is 0.334. The van der Waals surface area contributed by atoms with Crippen LogP contribution in [0, 0.1) is 0 Å². The molecule has 156 valence electrons. The van der Waals surface area contributed by atoms with Gasteiger partial charge in [-0.25, -0.2) is 0 Å². The second kappa shape index (κ2) is 17.8. The fourth-order valence-corrected chi connectivity index (χ4v) is 5.25. The summed E-state index contributed by atoms with van der Waals surface area (Å²) < 4.78 is 1.80. The molecule has 0 aliphatic rings. The number of rotatable bonds is 19. The molecule has 1 heterocycles. The van der Waals surface area contributed by atoms with Gasteiger partial charge in [-0.2, -0.15) is 0 Å². The number of carbonyl (C=O) groups is 1. The van der Waals surface area contributed by atoms with Crippen LogP contribution in [0.25, 0.3) is 0 Å². The van der Waals surface area contributed by atoms with Crippen LogP contribution in [-0.4, -0.2) is 27.0 Å². The van der Waals surface area contributed by atoms with Gasteiger partial charge < -0.3 is 5.11 Å². The second-order valence-corrected chi connectivity index (χ2v) is 10.2. The maximum Gasteiger partial charge on any atom is 0.303 e. The van der Waals surface area contributed by atoms with Crippen molar-refractivity contribution in [2.24, 2.45) is 0 Å². The lowest BCUT2D eigenvalue weighted by Crippen LogP contribution is -1.93. The number of aromatic nitrogens is 2. The van der Waals surface area contributed by atoms with E-state index in [4.69, 9.17) is 5.11 Å². The lowest BCUT2D eigenvalue weighted by atomic mass is 10.0. The third-order valence-corrected chi connectivity index (χ3v) is 6.97. The molecular formula is C20H36N2O2S3. The quantitative estimate of drug-likeness (QED) is 0.137. The van der Waals surface area contributed by atoms with E-state index in [-0.39, 0.29) is 0 Å². The Kier molecular flexibility index (Phi) is 16.3. The lowest BCUT2D eigenvalue weighted by molar-refractivity contribution is -0.137. The zero-order valence-corrected chi connectivity index (χ0v) is 19.1. The van der Waals surface area contributed by atoms with Crippen LogP contribution < -0.4 is 0 Å². The topological polar surface area (TPSA) is 63.1 Å². The number of unbranched alkanes of at least 4 members (excludes halogenated alkanes) is 14. The summed E-state index contributed by atoms with van der Waals surface area (Å²) in [5, 5.41) is 16.6. The van der Waals surface area contributed by atoms with Crippen LogP contribution in [0.1, 0.15) is 103 Å². The molecule has 0 amide bonds. The fourth-order valence-electron chi connectivity index (χ4n) is 3.10. The van der Waals surface area contributed by atoms with Gasteiger partial charge in [0.15, 0.2) is 8.68 Å². The number of thiol groups is 1. The highest BCUT2D eigenvalue weighted by atomic mass is 32.2. The molecule has 7 heteroatoms. The van der Waals surface area contributed by atoms with Crippen LogP contribution in [0.3, 0.4) is 0 Å². The molecular weight excluding hydrogens is 396 g/mol. The molecule has 0 aliphatic heterocycles. The van der Waals surface area contributed by atoms with Gasteiger partial charge in [0.2, 0.25) is 0 Å². The highest BCUT2D eigenvalue weighted by Crippen LogP contribution is 2.25. The average molecular weight is 433 g/mol. The molecule has 0 bridgehead atoms. The molecule has 0 spiro atoms. The van der Waals surface area contributed by atoms with E-state index in [1.165, 1.54) is 83.5 Å². The van der Waals surface area contributed by atoms with Crippen molar-refractivity contribution >= 4 is 41.7 Å². The Morgan fingerprint density at radius 3 is 1.63 bits per heavy atom. The summed E-state index contributed by atoms with van der Waals surface area (Å²) in [7, 11) is 0. The Balaban J connectivity index is 1.69. The predicted octanol–water partition coefficient (Wildman–Crippen LogP) is 7.25. The van der Waals surface area contributed by atoms with Gasteiger partial charge in [0, 0.05) is 12.2 Å². The van der Waals surface area contributed by atoms with Crippen LogP contribution in [-0.2, 0) is 4.79 Å². The first-order valence-corrected chi connectivity index (χ1v) is 12.8. The first kappa shape index (κ1) is 24.8. The average Bonchev–Trinajstić information content (AvgIpc) is 3.05. The maximum absolute atomic E-state index is 10.4. The van der Waals surface area contributed by atoms with E-state index in [2.05, 4.69) is 22.8 Å². The van der Waals surface area contributed by atoms with Crippen molar-refractivity contribution < 1.29 is 9.90 Å². The summed E-state index contributed by atoms with van der Waals surface area (Å²) in [6, 6.07) is 0. The Morgan fingerprint density at radius 1 is 0.778 bits per heavy atom. The smallest absolute Gasteiger partial charge is 0.303 e. The van der Waals surface area contributed by atoms with Crippen molar-refractivity contribution in [2.45, 2.75) is 111 Å². The second-order valence-electron chi connectivity index (χ2n) is 7.15. The first-order valence-electron chi connectivity index (χ1n) is 10.6. The van der Waals surface area contributed by atoms with Gasteiger partial charge in [-0.3, -0.25) is 4.79 Å². The van der Waals surface area contributed by atoms with Gasteiger partial charge in [0.05, 0.1) is 0 Å². The van der Waals surface area contributed by atoms with Crippen molar-refractivity contribution in [1.82, 2.24) is 10.2 Å². The minimum Gasteiger partial charge on any atom is -0.481 e. The fraction of sp³-hybridized carbons (Fsp3) is 0.850. The molecule has 0 fully saturated rings. The van der Waals surface area contributed by atoms with Crippen molar-refractivity contribution in [2.75, 3.05) is 5.75 Å². The summed E-state index contributed by atoms with van der Waals surface area (Å²) in [6.07, 6.45) is 19.6. The zero-order valence-electron chi connectivity index (χ0n) is 16.5. The van der Waals surface area contributed by atoms with Crippen LogP contribution in [0.4, 0.5) is 0 Å². The predicted molar refractivity (Wildman–Crippen MR) is 119 cm³/mol. The van der Waals surface area contributed by atoms with E-state index < -0.39 is 5.97 Å². The third kappa shape index (κ3) is 16.4. The van der Waals surface area contributed by atoms with Gasteiger partial charge in [-0.05, 0) is 12.8 Å². The van der Waals surface area contributed by atoms with Crippen LogP contribution in [0.5, 0.6) is 0 Å². The Bertz CT molecular complexity index is 484. The number of aliphatic carboxylic acids is 1. The summed E-state index contributed by atoms with van der Waals surface area (Å²) >= 11 is 7.55. The van der Waals surface area contributed by atoms with E-state index in [0.29, 0.717) is 6.42 Å². The highest BCUT2D eigenvalue weighted by molar-refractivity contribution is 8.01. The Hall–Kier alpha value is -0.270. The van der Waals surface area contributed by atoms with Gasteiger partial charge in [0.25, 0.3) is 0 Å². The Morgan fingerprint density at radius 2 is 1.22 bits per heavy atom. The Labute approximate surface area is 178 Å². The monoisotopic (exact) mass is 432 g/mol. The zero-order chi connectivity index (χ0) is 19.6. The molecule has 1 rings (SSSR count). The van der Waals surface area contributed by atoms with E-state index in [1.54, 1.807) is 23.1 Å². The van der Waals surface area contributed by atoms with Gasteiger partial charge in [0.1, 0.15) is 0 Å². The molecule has 0 saturated heterocycles. The first-order chi connectivity index (χ1) is 13.2. The van der Waals surface area contributed by atoms with Crippen LogP contribution in [0.15, 0.2) is 8.68 Å². The van der Waals surface area contributed by atoms with E-state index in [1.807, 2.05) is 0 Å². The maximum atomic E-state index is 10.4. The van der Waals surface area contributed by atoms with Crippen molar-refractivity contribution in [3.8, 4) is 0 Å². The number of hydrogen-bond donors (Lipinski definition) is 2. The molecule has 1 aromatic heterocycles. The standard InChI is InChI=1S/C20H36N2O2S3/c23-18(24)16-14-12-10-8-6-4-2-1-3-5-7-9-11-13-15-17-26-20-22-21-19(25)27-20/h1-17H2,(H,21,25)(H,23,24). The number of nitrogens with zero attached hydrogens (tertiary/aromatic N) is 2. The summed E-state index contributed by atoms with van der Waals surface area (Å²) in [4.78, 5) is 10.4. The lowest BCUT2D eigenvalue weighted by Gasteiger charge is -2.03. The van der Waals surface area contributed by atoms with E-state index in [9.17, 15) is 4.79 Å². The molecule has 0 saturated carbocycles. The van der Waals surface area contributed by atoms with Gasteiger partial charge in [-0.1, -0.05) is 107 Å². The molecule has 0 aliphatic carbocycles. The number of thioether (sulfide) groups is 1. The van der Waals surface area contributed by atoms with Gasteiger partial charge >= 0.3 is 5.97 Å². The molecule has 4 nitrogen and oxygen atoms in total. The summed E-state index contributed by atoms with van der Waals surface area (Å²) in [6.45, 7) is 0. The summed E-state index contributed by atoms with van der Waals surface area (Å²) in [5.74, 6) is 0.480. The molecule has 1 N–H and O–H groups in total. The highest BCUT2D eigenvalue weighted by Gasteiger charge is 2.01. The number of hydrogen-bond acceptors (Lipinski definition) is 6.